The highest BCUT2D eigenvalue weighted by Gasteiger charge is 2.22. The molecule has 0 amide bonds. The van der Waals surface area contributed by atoms with Gasteiger partial charge < -0.3 is 15.4 Å². The van der Waals surface area contributed by atoms with Crippen molar-refractivity contribution in [1.82, 2.24) is 4.90 Å². The molecule has 0 bridgehead atoms. The molecule has 0 atom stereocenters. The zero-order valence-electron chi connectivity index (χ0n) is 13.3. The summed E-state index contributed by atoms with van der Waals surface area (Å²) in [6.45, 7) is 12.0. The van der Waals surface area contributed by atoms with Crippen LogP contribution in [0.3, 0.4) is 0 Å². The SMILES string of the molecule is CCN1CCC(c2cc(OC(C)C)c(N)cc2C)CC1. The van der Waals surface area contributed by atoms with Crippen molar-refractivity contribution in [2.24, 2.45) is 0 Å². The van der Waals surface area contributed by atoms with Gasteiger partial charge in [-0.3, -0.25) is 0 Å². The molecule has 3 nitrogen and oxygen atoms in total. The highest BCUT2D eigenvalue weighted by atomic mass is 16.5. The molecule has 2 N–H and O–H groups in total. The molecular weight excluding hydrogens is 248 g/mol. The standard InChI is InChI=1S/C17H28N2O/c1-5-19-8-6-14(7-9-19)15-11-17(20-12(2)3)16(18)10-13(15)4/h10-12,14H,5-9,18H2,1-4H3. The minimum Gasteiger partial charge on any atom is -0.489 e. The molecule has 0 aliphatic carbocycles. The second-order valence-electron chi connectivity index (χ2n) is 6.12. The number of anilines is 1. The van der Waals surface area contributed by atoms with Crippen LogP contribution >= 0.6 is 0 Å². The normalized spacial score (nSPS) is 17.6. The van der Waals surface area contributed by atoms with Crippen LogP contribution in [0.15, 0.2) is 12.1 Å². The fourth-order valence-corrected chi connectivity index (χ4v) is 3.08. The average molecular weight is 276 g/mol. The predicted octanol–water partition coefficient (Wildman–Crippen LogP) is 3.56. The van der Waals surface area contributed by atoms with Crippen LogP contribution in [0.25, 0.3) is 0 Å². The van der Waals surface area contributed by atoms with E-state index in [9.17, 15) is 0 Å². The Bertz CT molecular complexity index is 449. The van der Waals surface area contributed by atoms with Crippen molar-refractivity contribution in [2.45, 2.75) is 52.6 Å². The summed E-state index contributed by atoms with van der Waals surface area (Å²) in [6, 6.07) is 4.25. The number of piperidine rings is 1. The van der Waals surface area contributed by atoms with Crippen molar-refractivity contribution in [1.29, 1.82) is 0 Å². The number of aryl methyl sites for hydroxylation is 1. The number of likely N-dealkylation sites (tertiary alicyclic amines) is 1. The lowest BCUT2D eigenvalue weighted by Crippen LogP contribution is -2.32. The van der Waals surface area contributed by atoms with Crippen molar-refractivity contribution < 1.29 is 4.74 Å². The van der Waals surface area contributed by atoms with Crippen LogP contribution < -0.4 is 10.5 Å². The molecule has 1 aromatic carbocycles. The largest absolute Gasteiger partial charge is 0.489 e. The summed E-state index contributed by atoms with van der Waals surface area (Å²) in [7, 11) is 0. The van der Waals surface area contributed by atoms with E-state index in [0.717, 1.165) is 18.0 Å². The Balaban J connectivity index is 2.19. The maximum atomic E-state index is 6.08. The molecule has 0 radical (unpaired) electrons. The lowest BCUT2D eigenvalue weighted by Gasteiger charge is -2.32. The zero-order chi connectivity index (χ0) is 14.7. The Morgan fingerprint density at radius 2 is 1.95 bits per heavy atom. The highest BCUT2D eigenvalue weighted by Crippen LogP contribution is 2.35. The molecule has 1 aliphatic rings. The van der Waals surface area contributed by atoms with Gasteiger partial charge >= 0.3 is 0 Å². The van der Waals surface area contributed by atoms with Crippen LogP contribution in [0.4, 0.5) is 5.69 Å². The first-order valence-corrected chi connectivity index (χ1v) is 7.80. The molecule has 0 spiro atoms. The first-order chi connectivity index (χ1) is 9.51. The Morgan fingerprint density at radius 3 is 2.50 bits per heavy atom. The maximum Gasteiger partial charge on any atom is 0.142 e. The number of rotatable bonds is 4. The smallest absolute Gasteiger partial charge is 0.142 e. The summed E-state index contributed by atoms with van der Waals surface area (Å²) in [6.07, 6.45) is 2.63. The molecule has 1 heterocycles. The van der Waals surface area contributed by atoms with Crippen LogP contribution in [-0.2, 0) is 0 Å². The summed E-state index contributed by atoms with van der Waals surface area (Å²) in [5.74, 6) is 1.49. The lowest BCUT2D eigenvalue weighted by atomic mass is 9.86. The van der Waals surface area contributed by atoms with Crippen molar-refractivity contribution in [3.8, 4) is 5.75 Å². The van der Waals surface area contributed by atoms with Crippen molar-refractivity contribution in [2.75, 3.05) is 25.4 Å². The van der Waals surface area contributed by atoms with E-state index < -0.39 is 0 Å². The summed E-state index contributed by atoms with van der Waals surface area (Å²) in [4.78, 5) is 2.52. The molecule has 0 aromatic heterocycles. The summed E-state index contributed by atoms with van der Waals surface area (Å²) in [5, 5.41) is 0. The number of ether oxygens (including phenoxy) is 1. The van der Waals surface area contributed by atoms with Gasteiger partial charge in [-0.2, -0.15) is 0 Å². The molecule has 0 unspecified atom stereocenters. The van der Waals surface area contributed by atoms with Gasteiger partial charge in [-0.15, -0.1) is 0 Å². The fraction of sp³-hybridized carbons (Fsp3) is 0.647. The van der Waals surface area contributed by atoms with E-state index in [1.807, 2.05) is 13.8 Å². The third-order valence-corrected chi connectivity index (χ3v) is 4.24. The van der Waals surface area contributed by atoms with E-state index in [1.54, 1.807) is 0 Å². The topological polar surface area (TPSA) is 38.5 Å². The third-order valence-electron chi connectivity index (χ3n) is 4.24. The van der Waals surface area contributed by atoms with Gasteiger partial charge in [0.05, 0.1) is 11.8 Å². The van der Waals surface area contributed by atoms with E-state index in [2.05, 4.69) is 30.9 Å². The number of benzene rings is 1. The number of nitrogens with zero attached hydrogens (tertiary/aromatic N) is 1. The monoisotopic (exact) mass is 276 g/mol. The molecule has 2 rings (SSSR count). The number of hydrogen-bond donors (Lipinski definition) is 1. The van der Waals surface area contributed by atoms with E-state index in [4.69, 9.17) is 10.5 Å². The Morgan fingerprint density at radius 1 is 1.30 bits per heavy atom. The van der Waals surface area contributed by atoms with E-state index in [0.29, 0.717) is 5.92 Å². The van der Waals surface area contributed by atoms with Crippen LogP contribution in [-0.4, -0.2) is 30.6 Å². The number of hydrogen-bond acceptors (Lipinski definition) is 3. The molecule has 112 valence electrons. The van der Waals surface area contributed by atoms with Gasteiger partial charge in [0.25, 0.3) is 0 Å². The average Bonchev–Trinajstić information content (AvgIpc) is 2.41. The summed E-state index contributed by atoms with van der Waals surface area (Å²) >= 11 is 0. The van der Waals surface area contributed by atoms with Crippen LogP contribution in [0.5, 0.6) is 5.75 Å². The van der Waals surface area contributed by atoms with Gasteiger partial charge in [-0.25, -0.2) is 0 Å². The molecule has 1 saturated heterocycles. The minimum atomic E-state index is 0.162. The van der Waals surface area contributed by atoms with Crippen molar-refractivity contribution in [3.05, 3.63) is 23.3 Å². The van der Waals surface area contributed by atoms with Gasteiger partial charge in [-0.05, 0) is 82.4 Å². The number of nitrogen functional groups attached to an aromatic ring is 1. The summed E-state index contributed by atoms with van der Waals surface area (Å²) in [5.41, 5.74) is 9.56. The Labute approximate surface area is 123 Å². The van der Waals surface area contributed by atoms with Crippen molar-refractivity contribution in [3.63, 3.8) is 0 Å². The van der Waals surface area contributed by atoms with Gasteiger partial charge in [-0.1, -0.05) is 6.92 Å². The molecule has 3 heteroatoms. The predicted molar refractivity (Wildman–Crippen MR) is 85.4 cm³/mol. The molecule has 0 saturated carbocycles. The quantitative estimate of drug-likeness (QED) is 0.855. The second-order valence-corrected chi connectivity index (χ2v) is 6.12. The molecule has 1 aliphatic heterocycles. The van der Waals surface area contributed by atoms with Crippen LogP contribution in [0, 0.1) is 6.92 Å². The van der Waals surface area contributed by atoms with Crippen LogP contribution in [0.2, 0.25) is 0 Å². The van der Waals surface area contributed by atoms with Gasteiger partial charge in [0, 0.05) is 0 Å². The fourth-order valence-electron chi connectivity index (χ4n) is 3.08. The zero-order valence-corrected chi connectivity index (χ0v) is 13.3. The maximum absolute atomic E-state index is 6.08. The number of nitrogens with two attached hydrogens (primary N) is 1. The second kappa shape index (κ2) is 6.49. The first-order valence-electron chi connectivity index (χ1n) is 7.80. The Kier molecular flexibility index (Phi) is 4.92. The van der Waals surface area contributed by atoms with Gasteiger partial charge in [0.15, 0.2) is 0 Å². The van der Waals surface area contributed by atoms with Gasteiger partial charge in [0.2, 0.25) is 0 Å². The molecule has 20 heavy (non-hydrogen) atoms. The van der Waals surface area contributed by atoms with E-state index in [-0.39, 0.29) is 6.10 Å². The third kappa shape index (κ3) is 3.45. The molecule has 1 aromatic rings. The Hall–Kier alpha value is -1.22. The van der Waals surface area contributed by atoms with E-state index in [1.165, 1.54) is 37.1 Å². The molecule has 1 fully saturated rings. The molecular formula is C17H28N2O. The summed E-state index contributed by atoms with van der Waals surface area (Å²) < 4.78 is 5.84. The first kappa shape index (κ1) is 15.2. The highest BCUT2D eigenvalue weighted by molar-refractivity contribution is 5.57. The van der Waals surface area contributed by atoms with Gasteiger partial charge in [0.1, 0.15) is 5.75 Å². The van der Waals surface area contributed by atoms with Crippen molar-refractivity contribution >= 4 is 5.69 Å². The van der Waals surface area contributed by atoms with E-state index >= 15 is 0 Å². The van der Waals surface area contributed by atoms with Crippen LogP contribution in [0.1, 0.15) is 50.7 Å². The minimum absolute atomic E-state index is 0.162. The lowest BCUT2D eigenvalue weighted by molar-refractivity contribution is 0.221.